The summed E-state index contributed by atoms with van der Waals surface area (Å²) < 4.78 is 21.3. The molecule has 0 saturated carbocycles. The Morgan fingerprint density at radius 1 is 0.714 bits per heavy atom. The lowest BCUT2D eigenvalue weighted by Gasteiger charge is -2.16. The average Bonchev–Trinajstić information content (AvgIpc) is 2.71. The summed E-state index contributed by atoms with van der Waals surface area (Å²) in [7, 11) is 2.93. The van der Waals surface area contributed by atoms with Gasteiger partial charge in [-0.3, -0.25) is 0 Å². The first-order chi connectivity index (χ1) is 13.7. The van der Waals surface area contributed by atoms with Crippen molar-refractivity contribution < 1.29 is 18.9 Å². The number of methoxy groups -OCH3 is 2. The Labute approximate surface area is 177 Å². The zero-order chi connectivity index (χ0) is 21.3. The molecule has 6 N–H and O–H groups in total. The van der Waals surface area contributed by atoms with Gasteiger partial charge in [0.1, 0.15) is 11.8 Å². The van der Waals surface area contributed by atoms with Crippen LogP contribution < -0.4 is 22.1 Å². The maximum Gasteiger partial charge on any atom is 0.134 e. The van der Waals surface area contributed by atoms with Gasteiger partial charge in [0.15, 0.2) is 0 Å². The third-order valence-corrected chi connectivity index (χ3v) is 7.86. The van der Waals surface area contributed by atoms with Crippen molar-refractivity contribution in [2.45, 2.75) is 50.6 Å². The molecule has 0 amide bonds. The van der Waals surface area contributed by atoms with E-state index in [-0.39, 0.29) is 30.9 Å². The van der Waals surface area contributed by atoms with E-state index in [2.05, 4.69) is 10.6 Å². The Bertz CT molecular complexity index is 276. The van der Waals surface area contributed by atoms with Crippen molar-refractivity contribution in [3.05, 3.63) is 0 Å². The molecule has 0 bridgehead atoms. The second-order valence-electron chi connectivity index (χ2n) is 6.31. The van der Waals surface area contributed by atoms with Crippen molar-refractivity contribution in [2.75, 3.05) is 66.7 Å². The molecule has 0 radical (unpaired) electrons. The van der Waals surface area contributed by atoms with Gasteiger partial charge in [-0.2, -0.15) is 0 Å². The molecule has 172 valence electrons. The SMILES string of the molecule is CCOC(OCC)[SiH2]CCCNCCN.COC(OC)[SiH2]CCCNCCN. The van der Waals surface area contributed by atoms with E-state index in [4.69, 9.17) is 30.4 Å². The molecule has 10 heteroatoms. The highest BCUT2D eigenvalue weighted by molar-refractivity contribution is 6.36. The van der Waals surface area contributed by atoms with Crippen LogP contribution in [0.25, 0.3) is 0 Å². The molecule has 0 unspecified atom stereocenters. The molecule has 0 saturated heterocycles. The van der Waals surface area contributed by atoms with Gasteiger partial charge in [0.25, 0.3) is 0 Å². The summed E-state index contributed by atoms with van der Waals surface area (Å²) in [5.41, 5.74) is 10.7. The number of nitrogens with two attached hydrogens (primary N) is 2. The molecular weight excluding hydrogens is 392 g/mol. The Hall–Kier alpha value is 0.114. The Kier molecular flexibility index (Phi) is 29.3. The Morgan fingerprint density at radius 3 is 1.50 bits per heavy atom. The van der Waals surface area contributed by atoms with Gasteiger partial charge in [0.05, 0.1) is 19.0 Å². The molecule has 28 heavy (non-hydrogen) atoms. The minimum Gasteiger partial charge on any atom is -0.360 e. The van der Waals surface area contributed by atoms with Crippen molar-refractivity contribution in [1.82, 2.24) is 10.6 Å². The van der Waals surface area contributed by atoms with Crippen LogP contribution in [0.5, 0.6) is 0 Å². The predicted molar refractivity (Wildman–Crippen MR) is 125 cm³/mol. The number of hydrogen-bond acceptors (Lipinski definition) is 8. The van der Waals surface area contributed by atoms with E-state index in [9.17, 15) is 0 Å². The minimum atomic E-state index is -0.247. The van der Waals surface area contributed by atoms with Crippen molar-refractivity contribution in [2.24, 2.45) is 11.5 Å². The van der Waals surface area contributed by atoms with Crippen LogP contribution in [-0.4, -0.2) is 97.6 Å². The lowest BCUT2D eigenvalue weighted by molar-refractivity contribution is -0.0827. The summed E-state index contributed by atoms with van der Waals surface area (Å²) in [5.74, 6) is 0.212. The fourth-order valence-electron chi connectivity index (χ4n) is 2.49. The van der Waals surface area contributed by atoms with Crippen LogP contribution in [0.15, 0.2) is 0 Å². The summed E-state index contributed by atoms with van der Waals surface area (Å²) in [6.07, 6.45) is 2.41. The molecule has 0 aliphatic carbocycles. The van der Waals surface area contributed by atoms with Crippen LogP contribution in [0, 0.1) is 0 Å². The molecule has 0 aromatic carbocycles. The van der Waals surface area contributed by atoms with Gasteiger partial charge in [0, 0.05) is 53.6 Å². The molecule has 0 aromatic heterocycles. The predicted octanol–water partition coefficient (Wildman–Crippen LogP) is -1.04. The molecule has 0 atom stereocenters. The van der Waals surface area contributed by atoms with E-state index in [1.165, 1.54) is 24.9 Å². The Balaban J connectivity index is 0. The van der Waals surface area contributed by atoms with Crippen LogP contribution in [0.4, 0.5) is 0 Å². The number of nitrogens with one attached hydrogen (secondary N) is 2. The zero-order valence-corrected chi connectivity index (χ0v) is 21.7. The smallest absolute Gasteiger partial charge is 0.134 e. The Morgan fingerprint density at radius 2 is 1.14 bits per heavy atom. The van der Waals surface area contributed by atoms with E-state index in [1.54, 1.807) is 14.2 Å². The summed E-state index contributed by atoms with van der Waals surface area (Å²) in [5, 5.41) is 6.55. The van der Waals surface area contributed by atoms with Crippen molar-refractivity contribution in [3.63, 3.8) is 0 Å². The molecule has 0 aliphatic heterocycles. The third kappa shape index (κ3) is 24.2. The summed E-state index contributed by atoms with van der Waals surface area (Å²) in [4.78, 5) is 0. The monoisotopic (exact) mass is 440 g/mol. The first-order valence-corrected chi connectivity index (χ1v) is 14.4. The van der Waals surface area contributed by atoms with Gasteiger partial charge in [-0.25, -0.2) is 0 Å². The van der Waals surface area contributed by atoms with E-state index in [0.29, 0.717) is 0 Å². The van der Waals surface area contributed by atoms with Crippen molar-refractivity contribution >= 4 is 19.0 Å². The molecule has 0 rings (SSSR count). The second-order valence-corrected chi connectivity index (χ2v) is 10.2. The average molecular weight is 441 g/mol. The fraction of sp³-hybridized carbons (Fsp3) is 1.00. The highest BCUT2D eigenvalue weighted by Gasteiger charge is 2.07. The molecule has 8 nitrogen and oxygen atoms in total. The van der Waals surface area contributed by atoms with Crippen LogP contribution in [-0.2, 0) is 18.9 Å². The van der Waals surface area contributed by atoms with Crippen LogP contribution in [0.3, 0.4) is 0 Å². The van der Waals surface area contributed by atoms with Crippen LogP contribution in [0.1, 0.15) is 26.7 Å². The molecule has 0 spiro atoms. The van der Waals surface area contributed by atoms with Crippen molar-refractivity contribution in [1.29, 1.82) is 0 Å². The summed E-state index contributed by atoms with van der Waals surface area (Å²) in [6, 6.07) is 2.52. The number of rotatable bonds is 20. The lowest BCUT2D eigenvalue weighted by atomic mass is 10.5. The van der Waals surface area contributed by atoms with Gasteiger partial charge in [0.2, 0.25) is 0 Å². The van der Waals surface area contributed by atoms with E-state index in [1.807, 2.05) is 13.8 Å². The third-order valence-electron chi connectivity index (χ3n) is 3.96. The summed E-state index contributed by atoms with van der Waals surface area (Å²) >= 11 is 0. The number of ether oxygens (including phenoxy) is 4. The minimum absolute atomic E-state index is 0.0921. The topological polar surface area (TPSA) is 113 Å². The van der Waals surface area contributed by atoms with Crippen LogP contribution >= 0.6 is 0 Å². The maximum atomic E-state index is 5.51. The lowest BCUT2D eigenvalue weighted by Crippen LogP contribution is -2.26. The maximum absolute atomic E-state index is 5.51. The molecular formula is C18H48N4O4Si2. The standard InChI is InChI=1S/C10H26N2O2Si.C8H22N2O2Si/c1-3-13-10(14-4-2)15-9-5-7-12-8-6-11;1-11-8(12-2)13-7-3-5-10-6-4-9/h10,12H,3-9,11,15H2,1-2H3;8,10H,3-7,9,13H2,1-2H3. The first kappa shape index (κ1) is 30.3. The molecule has 0 aromatic rings. The molecule has 0 fully saturated rings. The van der Waals surface area contributed by atoms with E-state index < -0.39 is 0 Å². The highest BCUT2D eigenvalue weighted by Crippen LogP contribution is 1.98. The van der Waals surface area contributed by atoms with Gasteiger partial charge < -0.3 is 41.0 Å². The molecule has 0 heterocycles. The van der Waals surface area contributed by atoms with E-state index >= 15 is 0 Å². The van der Waals surface area contributed by atoms with E-state index in [0.717, 1.165) is 52.5 Å². The fourth-order valence-corrected chi connectivity index (χ4v) is 5.51. The van der Waals surface area contributed by atoms with Gasteiger partial charge in [-0.05, 0) is 39.8 Å². The second kappa shape index (κ2) is 27.1. The summed E-state index contributed by atoms with van der Waals surface area (Å²) in [6.45, 7) is 10.9. The molecule has 0 aliphatic rings. The highest BCUT2D eigenvalue weighted by atomic mass is 28.2. The van der Waals surface area contributed by atoms with Crippen LogP contribution in [0.2, 0.25) is 12.1 Å². The van der Waals surface area contributed by atoms with Crippen molar-refractivity contribution in [3.8, 4) is 0 Å². The normalized spacial score (nSPS) is 12.0. The first-order valence-electron chi connectivity index (χ1n) is 10.8. The van der Waals surface area contributed by atoms with Gasteiger partial charge >= 0.3 is 0 Å². The van der Waals surface area contributed by atoms with Gasteiger partial charge in [-0.1, -0.05) is 12.1 Å². The quantitative estimate of drug-likeness (QED) is 0.108. The van der Waals surface area contributed by atoms with Gasteiger partial charge in [-0.15, -0.1) is 0 Å². The largest absolute Gasteiger partial charge is 0.360 e. The zero-order valence-electron chi connectivity index (χ0n) is 18.8. The number of hydrogen-bond donors (Lipinski definition) is 4.